The number of likely N-dealkylation sites (tertiary alicyclic amines) is 1. The van der Waals surface area contributed by atoms with Crippen LogP contribution in [0.25, 0.3) is 0 Å². The van der Waals surface area contributed by atoms with Crippen LogP contribution in [0, 0.1) is 0 Å². The molecule has 0 aromatic rings. The van der Waals surface area contributed by atoms with Crippen LogP contribution in [0.5, 0.6) is 0 Å². The molecule has 0 bridgehead atoms. The first-order valence-corrected chi connectivity index (χ1v) is 4.93. The second-order valence-corrected chi connectivity index (χ2v) is 3.68. The van der Waals surface area contributed by atoms with Crippen LogP contribution in [0.1, 0.15) is 25.7 Å². The van der Waals surface area contributed by atoms with Crippen LogP contribution < -0.4 is 0 Å². The van der Waals surface area contributed by atoms with E-state index >= 15 is 0 Å². The Morgan fingerprint density at radius 2 is 2.13 bits per heavy atom. The van der Waals surface area contributed by atoms with Crippen molar-refractivity contribution in [2.75, 3.05) is 6.54 Å². The summed E-state index contributed by atoms with van der Waals surface area (Å²) >= 11 is 0. The van der Waals surface area contributed by atoms with Crippen molar-refractivity contribution in [1.82, 2.24) is 4.90 Å². The molecule has 0 unspecified atom stereocenters. The predicted octanol–water partition coefficient (Wildman–Crippen LogP) is 2.51. The number of amides is 1. The number of halogens is 3. The van der Waals surface area contributed by atoms with Gasteiger partial charge in [0.05, 0.1) is 0 Å². The predicted molar refractivity (Wildman–Crippen MR) is 50.2 cm³/mol. The monoisotopic (exact) mass is 221 g/mol. The molecule has 0 aromatic carbocycles. The first-order chi connectivity index (χ1) is 6.94. The fraction of sp³-hybridized carbons (Fsp3) is 0.700. The Labute approximate surface area is 86.7 Å². The molecule has 0 aromatic heterocycles. The fourth-order valence-corrected chi connectivity index (χ4v) is 1.79. The Hall–Kier alpha value is -1.00. The molecule has 1 aliphatic heterocycles. The second-order valence-electron chi connectivity index (χ2n) is 3.68. The summed E-state index contributed by atoms with van der Waals surface area (Å²) in [6.07, 6.45) is -1.81. The standard InChI is InChI=1S/C10H14F3NO/c1-2-8-5-3-4-6-14(8)9(15)7-10(11,12)13/h2,8H,1,3-7H2/t8-/m0/s1. The molecule has 0 N–H and O–H groups in total. The number of hydrogen-bond donors (Lipinski definition) is 0. The third-order valence-corrected chi connectivity index (χ3v) is 2.49. The molecule has 0 radical (unpaired) electrons. The van der Waals surface area contributed by atoms with Crippen molar-refractivity contribution in [2.24, 2.45) is 0 Å². The van der Waals surface area contributed by atoms with Crippen molar-refractivity contribution >= 4 is 5.91 Å². The normalized spacial score (nSPS) is 22.6. The van der Waals surface area contributed by atoms with Gasteiger partial charge in [-0.3, -0.25) is 4.79 Å². The minimum atomic E-state index is -4.42. The van der Waals surface area contributed by atoms with E-state index in [1.54, 1.807) is 6.08 Å². The average molecular weight is 221 g/mol. The van der Waals surface area contributed by atoms with Crippen molar-refractivity contribution in [2.45, 2.75) is 37.9 Å². The number of carbonyl (C=O) groups is 1. The van der Waals surface area contributed by atoms with Gasteiger partial charge in [0.2, 0.25) is 5.91 Å². The average Bonchev–Trinajstić information content (AvgIpc) is 2.15. The van der Waals surface area contributed by atoms with Crippen LogP contribution in [0.2, 0.25) is 0 Å². The maximum atomic E-state index is 12.0. The zero-order valence-corrected chi connectivity index (χ0v) is 8.39. The summed E-state index contributed by atoms with van der Waals surface area (Å²) in [6.45, 7) is 3.95. The summed E-state index contributed by atoms with van der Waals surface area (Å²) in [5.74, 6) is -0.841. The Morgan fingerprint density at radius 1 is 1.47 bits per heavy atom. The summed E-state index contributed by atoms with van der Waals surface area (Å²) in [4.78, 5) is 12.6. The van der Waals surface area contributed by atoms with Crippen LogP contribution in [0.15, 0.2) is 12.7 Å². The van der Waals surface area contributed by atoms with Gasteiger partial charge in [-0.25, -0.2) is 0 Å². The van der Waals surface area contributed by atoms with Gasteiger partial charge in [0.25, 0.3) is 0 Å². The number of carbonyl (C=O) groups excluding carboxylic acids is 1. The van der Waals surface area contributed by atoms with Crippen LogP contribution in [0.4, 0.5) is 13.2 Å². The van der Waals surface area contributed by atoms with E-state index in [0.717, 1.165) is 12.8 Å². The van der Waals surface area contributed by atoms with Gasteiger partial charge in [-0.05, 0) is 19.3 Å². The highest BCUT2D eigenvalue weighted by molar-refractivity contribution is 5.77. The van der Waals surface area contributed by atoms with E-state index in [9.17, 15) is 18.0 Å². The maximum absolute atomic E-state index is 12.0. The van der Waals surface area contributed by atoms with Gasteiger partial charge in [0.15, 0.2) is 0 Å². The molecule has 1 heterocycles. The molecule has 1 aliphatic rings. The van der Waals surface area contributed by atoms with E-state index in [-0.39, 0.29) is 6.04 Å². The SMILES string of the molecule is C=C[C@H]1CCCCN1C(=O)CC(F)(F)F. The summed E-state index contributed by atoms with van der Waals surface area (Å²) in [7, 11) is 0. The van der Waals surface area contributed by atoms with Crippen molar-refractivity contribution in [3.8, 4) is 0 Å². The molecule has 5 heteroatoms. The lowest BCUT2D eigenvalue weighted by Crippen LogP contribution is -2.44. The minimum Gasteiger partial charge on any atom is -0.336 e. The molecule has 0 aliphatic carbocycles. The summed E-state index contributed by atoms with van der Waals surface area (Å²) in [6, 6.07) is -0.228. The number of piperidine rings is 1. The molecule has 2 nitrogen and oxygen atoms in total. The van der Waals surface area contributed by atoms with Gasteiger partial charge in [-0.1, -0.05) is 6.08 Å². The highest BCUT2D eigenvalue weighted by atomic mass is 19.4. The molecular formula is C10H14F3NO. The number of hydrogen-bond acceptors (Lipinski definition) is 1. The first-order valence-electron chi connectivity index (χ1n) is 4.93. The number of nitrogens with zero attached hydrogens (tertiary/aromatic N) is 1. The third-order valence-electron chi connectivity index (χ3n) is 2.49. The van der Waals surface area contributed by atoms with Gasteiger partial charge in [-0.2, -0.15) is 13.2 Å². The molecule has 1 saturated heterocycles. The Morgan fingerprint density at radius 3 is 2.67 bits per heavy atom. The zero-order chi connectivity index (χ0) is 11.5. The molecule has 1 rings (SSSR count). The fourth-order valence-electron chi connectivity index (χ4n) is 1.79. The van der Waals surface area contributed by atoms with Crippen molar-refractivity contribution in [1.29, 1.82) is 0 Å². The van der Waals surface area contributed by atoms with E-state index in [0.29, 0.717) is 13.0 Å². The molecule has 1 amide bonds. The van der Waals surface area contributed by atoms with Gasteiger partial charge >= 0.3 is 6.18 Å². The number of rotatable bonds is 2. The van der Waals surface area contributed by atoms with Crippen molar-refractivity contribution in [3.63, 3.8) is 0 Å². The molecule has 1 fully saturated rings. The first kappa shape index (κ1) is 12.1. The largest absolute Gasteiger partial charge is 0.397 e. The van der Waals surface area contributed by atoms with Crippen molar-refractivity contribution in [3.05, 3.63) is 12.7 Å². The Kier molecular flexibility index (Phi) is 3.77. The van der Waals surface area contributed by atoms with Gasteiger partial charge in [-0.15, -0.1) is 6.58 Å². The van der Waals surface area contributed by atoms with Gasteiger partial charge < -0.3 is 4.90 Å². The van der Waals surface area contributed by atoms with Crippen LogP contribution >= 0.6 is 0 Å². The molecule has 0 spiro atoms. The third kappa shape index (κ3) is 3.57. The summed E-state index contributed by atoms with van der Waals surface area (Å²) < 4.78 is 36.1. The van der Waals surface area contributed by atoms with E-state index in [1.807, 2.05) is 0 Å². The van der Waals surface area contributed by atoms with Gasteiger partial charge in [0.1, 0.15) is 6.42 Å². The molecule has 1 atom stereocenters. The summed E-state index contributed by atoms with van der Waals surface area (Å²) in [5, 5.41) is 0. The summed E-state index contributed by atoms with van der Waals surface area (Å²) in [5.41, 5.74) is 0. The highest BCUT2D eigenvalue weighted by Gasteiger charge is 2.35. The second kappa shape index (κ2) is 4.68. The zero-order valence-electron chi connectivity index (χ0n) is 8.39. The molecule has 0 saturated carbocycles. The molecule has 15 heavy (non-hydrogen) atoms. The van der Waals surface area contributed by atoms with Crippen LogP contribution in [0.3, 0.4) is 0 Å². The maximum Gasteiger partial charge on any atom is 0.397 e. The smallest absolute Gasteiger partial charge is 0.336 e. The lowest BCUT2D eigenvalue weighted by atomic mass is 10.0. The van der Waals surface area contributed by atoms with E-state index in [2.05, 4.69) is 6.58 Å². The van der Waals surface area contributed by atoms with E-state index < -0.39 is 18.5 Å². The lowest BCUT2D eigenvalue weighted by molar-refractivity contribution is -0.163. The van der Waals surface area contributed by atoms with Crippen molar-refractivity contribution < 1.29 is 18.0 Å². The topological polar surface area (TPSA) is 20.3 Å². The van der Waals surface area contributed by atoms with Crippen LogP contribution in [-0.2, 0) is 4.79 Å². The van der Waals surface area contributed by atoms with Crippen LogP contribution in [-0.4, -0.2) is 29.6 Å². The quantitative estimate of drug-likeness (QED) is 0.656. The Bertz CT molecular complexity index is 250. The molecule has 86 valence electrons. The van der Waals surface area contributed by atoms with Gasteiger partial charge in [0, 0.05) is 12.6 Å². The highest BCUT2D eigenvalue weighted by Crippen LogP contribution is 2.24. The van der Waals surface area contributed by atoms with E-state index in [1.165, 1.54) is 4.90 Å². The molecular weight excluding hydrogens is 207 g/mol. The lowest BCUT2D eigenvalue weighted by Gasteiger charge is -2.34. The number of alkyl halides is 3. The minimum absolute atomic E-state index is 0.228. The van der Waals surface area contributed by atoms with E-state index in [4.69, 9.17) is 0 Å². The Balaban J connectivity index is 2.60.